The van der Waals surface area contributed by atoms with Crippen LogP contribution in [0.15, 0.2) is 53.4 Å². The summed E-state index contributed by atoms with van der Waals surface area (Å²) in [6, 6.07) is 10.8. The molecule has 0 bridgehead atoms. The van der Waals surface area contributed by atoms with Crippen LogP contribution in [0.3, 0.4) is 0 Å². The zero-order chi connectivity index (χ0) is 20.0. The molecule has 0 unspecified atom stereocenters. The normalized spacial score (nSPS) is 13.8. The molecule has 0 aliphatic carbocycles. The van der Waals surface area contributed by atoms with E-state index in [2.05, 4.69) is 10.0 Å². The van der Waals surface area contributed by atoms with Gasteiger partial charge in [-0.15, -0.1) is 0 Å². The van der Waals surface area contributed by atoms with Gasteiger partial charge in [-0.3, -0.25) is 4.79 Å². The van der Waals surface area contributed by atoms with Gasteiger partial charge in [-0.2, -0.15) is 0 Å². The van der Waals surface area contributed by atoms with Gasteiger partial charge in [0.2, 0.25) is 10.0 Å². The first-order valence-corrected chi connectivity index (χ1v) is 9.89. The Bertz CT molecular complexity index is 868. The van der Waals surface area contributed by atoms with Crippen LogP contribution in [0.2, 0.25) is 0 Å². The Morgan fingerprint density at radius 3 is 2.22 bits per heavy atom. The number of benzene rings is 2. The van der Waals surface area contributed by atoms with E-state index >= 15 is 0 Å². The Morgan fingerprint density at radius 2 is 1.67 bits per heavy atom. The molecular weight excluding hydrogens is 371 g/mol. The summed E-state index contributed by atoms with van der Waals surface area (Å²) in [7, 11) is -2.20. The summed E-state index contributed by atoms with van der Waals surface area (Å²) in [4.78, 5) is 12.4. The van der Waals surface area contributed by atoms with E-state index in [4.69, 9.17) is 4.74 Å². The van der Waals surface area contributed by atoms with E-state index in [1.807, 2.05) is 0 Å². The maximum atomic E-state index is 13.0. The predicted octanol–water partition coefficient (Wildman–Crippen LogP) is 2.63. The van der Waals surface area contributed by atoms with E-state index in [1.54, 1.807) is 26.0 Å². The third-order valence-corrected chi connectivity index (χ3v) is 5.52. The summed E-state index contributed by atoms with van der Waals surface area (Å²) < 4.78 is 45.0. The van der Waals surface area contributed by atoms with Crippen molar-refractivity contribution in [1.29, 1.82) is 0 Å². The number of carbonyl (C=O) groups is 1. The summed E-state index contributed by atoms with van der Waals surface area (Å²) in [6.07, 6.45) is 0. The molecule has 0 heterocycles. The van der Waals surface area contributed by atoms with Crippen LogP contribution in [0, 0.1) is 5.82 Å². The molecule has 2 aromatic rings. The lowest BCUT2D eigenvalue weighted by Crippen LogP contribution is -2.35. The fourth-order valence-electron chi connectivity index (χ4n) is 2.52. The maximum absolute atomic E-state index is 13.0. The fraction of sp³-hybridized carbons (Fsp3) is 0.316. The minimum atomic E-state index is -3.69. The van der Waals surface area contributed by atoms with Crippen LogP contribution < -0.4 is 10.0 Å². The van der Waals surface area contributed by atoms with Crippen molar-refractivity contribution >= 4 is 15.9 Å². The number of methoxy groups -OCH3 is 1. The van der Waals surface area contributed by atoms with Crippen molar-refractivity contribution in [1.82, 2.24) is 10.0 Å². The molecule has 2 aromatic carbocycles. The Hall–Kier alpha value is -2.29. The van der Waals surface area contributed by atoms with Crippen LogP contribution in [0.25, 0.3) is 0 Å². The SMILES string of the molecule is COC[C@@H](C)NS(=O)(=O)c1ccc(C(=O)N[C@@H](C)c2ccc(F)cc2)cc1. The Balaban J connectivity index is 2.05. The van der Waals surface area contributed by atoms with E-state index in [1.165, 1.54) is 43.5 Å². The van der Waals surface area contributed by atoms with Crippen LogP contribution >= 0.6 is 0 Å². The fourth-order valence-corrected chi connectivity index (χ4v) is 3.75. The summed E-state index contributed by atoms with van der Waals surface area (Å²) in [5.41, 5.74) is 1.09. The van der Waals surface area contributed by atoms with Gasteiger partial charge in [0, 0.05) is 18.7 Å². The van der Waals surface area contributed by atoms with Gasteiger partial charge in [-0.1, -0.05) is 12.1 Å². The highest BCUT2D eigenvalue weighted by atomic mass is 32.2. The number of rotatable bonds is 8. The third kappa shape index (κ3) is 5.85. The van der Waals surface area contributed by atoms with Gasteiger partial charge in [-0.05, 0) is 55.8 Å². The number of hydrogen-bond donors (Lipinski definition) is 2. The number of nitrogens with one attached hydrogen (secondary N) is 2. The van der Waals surface area contributed by atoms with Gasteiger partial charge in [0.1, 0.15) is 5.82 Å². The minimum Gasteiger partial charge on any atom is -0.383 e. The van der Waals surface area contributed by atoms with Crippen LogP contribution in [-0.4, -0.2) is 34.1 Å². The average Bonchev–Trinajstić information content (AvgIpc) is 2.62. The van der Waals surface area contributed by atoms with Crippen LogP contribution in [0.4, 0.5) is 4.39 Å². The molecule has 0 radical (unpaired) electrons. The molecule has 1 amide bonds. The van der Waals surface area contributed by atoms with E-state index in [9.17, 15) is 17.6 Å². The highest BCUT2D eigenvalue weighted by Crippen LogP contribution is 2.15. The van der Waals surface area contributed by atoms with Gasteiger partial charge >= 0.3 is 0 Å². The quantitative estimate of drug-likeness (QED) is 0.721. The topological polar surface area (TPSA) is 84.5 Å². The molecule has 2 rings (SSSR count). The number of sulfonamides is 1. The van der Waals surface area contributed by atoms with Crippen LogP contribution in [0.1, 0.15) is 35.8 Å². The van der Waals surface area contributed by atoms with Crippen LogP contribution in [-0.2, 0) is 14.8 Å². The predicted molar refractivity (Wildman–Crippen MR) is 100 cm³/mol. The number of ether oxygens (including phenoxy) is 1. The molecular formula is C19H23FN2O4S. The Morgan fingerprint density at radius 1 is 1.07 bits per heavy atom. The standard InChI is InChI=1S/C19H23FN2O4S/c1-13(12-26-3)22-27(24,25)18-10-6-16(7-11-18)19(23)21-14(2)15-4-8-17(20)9-5-15/h4-11,13-14,22H,12H2,1-3H3,(H,21,23)/t13-,14+/m1/s1. The first-order chi connectivity index (χ1) is 12.7. The van der Waals surface area contributed by atoms with Crippen molar-refractivity contribution in [2.75, 3.05) is 13.7 Å². The summed E-state index contributed by atoms with van der Waals surface area (Å²) in [5, 5.41) is 2.80. The Kier molecular flexibility index (Phi) is 7.06. The molecule has 146 valence electrons. The number of halogens is 1. The first-order valence-electron chi connectivity index (χ1n) is 8.40. The zero-order valence-corrected chi connectivity index (χ0v) is 16.2. The van der Waals surface area contributed by atoms with Gasteiger partial charge < -0.3 is 10.1 Å². The van der Waals surface area contributed by atoms with Gasteiger partial charge in [0.05, 0.1) is 17.5 Å². The third-order valence-electron chi connectivity index (χ3n) is 3.92. The number of carbonyl (C=O) groups excluding carboxylic acids is 1. The lowest BCUT2D eigenvalue weighted by atomic mass is 10.1. The molecule has 0 saturated carbocycles. The highest BCUT2D eigenvalue weighted by molar-refractivity contribution is 7.89. The second-order valence-corrected chi connectivity index (χ2v) is 7.96. The van der Waals surface area contributed by atoms with Crippen molar-refractivity contribution < 1.29 is 22.3 Å². The lowest BCUT2D eigenvalue weighted by molar-refractivity contribution is 0.0940. The Labute approximate surface area is 158 Å². The van der Waals surface area contributed by atoms with Crippen LogP contribution in [0.5, 0.6) is 0 Å². The smallest absolute Gasteiger partial charge is 0.251 e. The van der Waals surface area contributed by atoms with Crippen molar-refractivity contribution in [3.63, 3.8) is 0 Å². The first kappa shape index (κ1) is 21.0. The van der Waals surface area contributed by atoms with Gasteiger partial charge in [0.25, 0.3) is 5.91 Å². The van der Waals surface area contributed by atoms with E-state index in [0.717, 1.165) is 5.56 Å². The molecule has 2 atom stereocenters. The number of amides is 1. The monoisotopic (exact) mass is 394 g/mol. The second-order valence-electron chi connectivity index (χ2n) is 6.25. The van der Waals surface area contributed by atoms with Crippen molar-refractivity contribution in [3.8, 4) is 0 Å². The van der Waals surface area contributed by atoms with Gasteiger partial charge in [0.15, 0.2) is 0 Å². The van der Waals surface area contributed by atoms with Crippen molar-refractivity contribution in [2.45, 2.75) is 30.8 Å². The minimum absolute atomic E-state index is 0.0635. The maximum Gasteiger partial charge on any atom is 0.251 e. The molecule has 6 nitrogen and oxygen atoms in total. The molecule has 27 heavy (non-hydrogen) atoms. The number of hydrogen-bond acceptors (Lipinski definition) is 4. The molecule has 0 aliphatic rings. The summed E-state index contributed by atoms with van der Waals surface area (Å²) in [5.74, 6) is -0.695. The largest absolute Gasteiger partial charge is 0.383 e. The molecule has 0 aliphatic heterocycles. The van der Waals surface area contributed by atoms with E-state index in [-0.39, 0.29) is 35.3 Å². The van der Waals surface area contributed by atoms with Crippen molar-refractivity contribution in [2.24, 2.45) is 0 Å². The highest BCUT2D eigenvalue weighted by Gasteiger charge is 2.18. The lowest BCUT2D eigenvalue weighted by Gasteiger charge is -2.15. The van der Waals surface area contributed by atoms with Gasteiger partial charge in [-0.25, -0.2) is 17.5 Å². The van der Waals surface area contributed by atoms with E-state index < -0.39 is 10.0 Å². The van der Waals surface area contributed by atoms with Crippen molar-refractivity contribution in [3.05, 3.63) is 65.5 Å². The summed E-state index contributed by atoms with van der Waals surface area (Å²) >= 11 is 0. The summed E-state index contributed by atoms with van der Waals surface area (Å²) in [6.45, 7) is 3.73. The van der Waals surface area contributed by atoms with E-state index in [0.29, 0.717) is 5.56 Å². The molecule has 0 fully saturated rings. The molecule has 0 spiro atoms. The average molecular weight is 394 g/mol. The molecule has 8 heteroatoms. The molecule has 2 N–H and O–H groups in total. The zero-order valence-electron chi connectivity index (χ0n) is 15.4. The second kappa shape index (κ2) is 9.07. The molecule has 0 aromatic heterocycles. The molecule has 0 saturated heterocycles.